The average molecular weight is 845 g/mol. The zero-order valence-electron chi connectivity index (χ0n) is 35.4. The lowest BCUT2D eigenvalue weighted by Gasteiger charge is -2.26. The first-order valence-corrected chi connectivity index (χ1v) is 23.1. The van der Waals surface area contributed by atoms with Crippen molar-refractivity contribution in [2.75, 3.05) is 4.90 Å². The summed E-state index contributed by atoms with van der Waals surface area (Å²) in [6.45, 7) is 0. The van der Waals surface area contributed by atoms with Gasteiger partial charge in [0, 0.05) is 53.6 Å². The number of hydrogen-bond donors (Lipinski definition) is 0. The summed E-state index contributed by atoms with van der Waals surface area (Å²) in [5, 5.41) is 10.2. The SMILES string of the molecule is c1ccc(-n2c3ccccc3c3ccccc32)c(-c2ccc(N(c3ccc(-c4ccc5ccccc5c4)cc3)c3ccc(-c4cccc5c4sc4c6ccccc6ccc54)cc3)cc2)c1. The molecule has 0 amide bonds. The number of hydrogen-bond acceptors (Lipinski definition) is 2. The molecule has 0 unspecified atom stereocenters. The Bertz CT molecular complexity index is 3880. The quantitative estimate of drug-likeness (QED) is 0.155. The van der Waals surface area contributed by atoms with Gasteiger partial charge >= 0.3 is 0 Å². The van der Waals surface area contributed by atoms with E-state index in [2.05, 4.69) is 252 Å². The van der Waals surface area contributed by atoms with Gasteiger partial charge in [0.25, 0.3) is 0 Å². The Hall–Kier alpha value is -8.24. The average Bonchev–Trinajstić information content (AvgIpc) is 3.94. The third kappa shape index (κ3) is 6.24. The molecule has 11 aromatic carbocycles. The monoisotopic (exact) mass is 844 g/mol. The first-order chi connectivity index (χ1) is 32.2. The van der Waals surface area contributed by atoms with E-state index in [1.807, 2.05) is 11.3 Å². The molecule has 304 valence electrons. The molecule has 0 N–H and O–H groups in total. The predicted octanol–water partition coefficient (Wildman–Crippen LogP) is 17.9. The van der Waals surface area contributed by atoms with Crippen LogP contribution in [0.3, 0.4) is 0 Å². The minimum atomic E-state index is 1.09. The molecule has 13 rings (SSSR count). The molecule has 0 aliphatic carbocycles. The molecule has 2 nitrogen and oxygen atoms in total. The van der Waals surface area contributed by atoms with Crippen LogP contribution in [0.15, 0.2) is 243 Å². The van der Waals surface area contributed by atoms with E-state index >= 15 is 0 Å². The van der Waals surface area contributed by atoms with Gasteiger partial charge in [0.05, 0.1) is 16.7 Å². The molecule has 2 heterocycles. The zero-order chi connectivity index (χ0) is 42.8. The van der Waals surface area contributed by atoms with Crippen molar-refractivity contribution in [1.82, 2.24) is 4.57 Å². The fourth-order valence-electron chi connectivity index (χ4n) is 10.0. The molecule has 2 aromatic heterocycles. The molecule has 0 bridgehead atoms. The first-order valence-electron chi connectivity index (χ1n) is 22.2. The van der Waals surface area contributed by atoms with E-state index in [4.69, 9.17) is 0 Å². The zero-order valence-corrected chi connectivity index (χ0v) is 36.2. The largest absolute Gasteiger partial charge is 0.311 e. The first kappa shape index (κ1) is 37.3. The van der Waals surface area contributed by atoms with Crippen LogP contribution in [0.5, 0.6) is 0 Å². The second kappa shape index (κ2) is 15.2. The van der Waals surface area contributed by atoms with Crippen LogP contribution >= 0.6 is 11.3 Å². The van der Waals surface area contributed by atoms with Gasteiger partial charge in [0.15, 0.2) is 0 Å². The van der Waals surface area contributed by atoms with Crippen LogP contribution in [0.4, 0.5) is 17.1 Å². The Morgan fingerprint density at radius 1 is 0.292 bits per heavy atom. The third-order valence-electron chi connectivity index (χ3n) is 13.2. The van der Waals surface area contributed by atoms with Crippen molar-refractivity contribution < 1.29 is 0 Å². The molecule has 3 heteroatoms. The third-order valence-corrected chi connectivity index (χ3v) is 14.5. The topological polar surface area (TPSA) is 8.17 Å². The van der Waals surface area contributed by atoms with Crippen molar-refractivity contribution >= 4 is 91.9 Å². The molecule has 0 fully saturated rings. The highest BCUT2D eigenvalue weighted by molar-refractivity contribution is 7.27. The van der Waals surface area contributed by atoms with Crippen LogP contribution in [0.25, 0.3) is 103 Å². The highest BCUT2D eigenvalue weighted by Gasteiger charge is 2.18. The van der Waals surface area contributed by atoms with E-state index in [-0.39, 0.29) is 0 Å². The highest BCUT2D eigenvalue weighted by Crippen LogP contribution is 2.44. The van der Waals surface area contributed by atoms with E-state index < -0.39 is 0 Å². The summed E-state index contributed by atoms with van der Waals surface area (Å²) in [4.78, 5) is 2.38. The number of anilines is 3. The maximum atomic E-state index is 2.42. The van der Waals surface area contributed by atoms with E-state index in [9.17, 15) is 0 Å². The van der Waals surface area contributed by atoms with Crippen LogP contribution in [-0.4, -0.2) is 4.57 Å². The minimum absolute atomic E-state index is 1.09. The maximum absolute atomic E-state index is 2.42. The van der Waals surface area contributed by atoms with Crippen molar-refractivity contribution in [3.63, 3.8) is 0 Å². The second-order valence-corrected chi connectivity index (χ2v) is 17.9. The molecule has 0 aliphatic heterocycles. The summed E-state index contributed by atoms with van der Waals surface area (Å²) in [7, 11) is 0. The maximum Gasteiger partial charge on any atom is 0.0541 e. The lowest BCUT2D eigenvalue weighted by Crippen LogP contribution is -2.09. The summed E-state index contributed by atoms with van der Waals surface area (Å²) in [5.74, 6) is 0. The van der Waals surface area contributed by atoms with Gasteiger partial charge in [0.1, 0.15) is 0 Å². The number of rotatable bonds is 7. The van der Waals surface area contributed by atoms with E-state index in [1.165, 1.54) is 91.3 Å². The van der Waals surface area contributed by atoms with Gasteiger partial charge in [-0.05, 0) is 110 Å². The van der Waals surface area contributed by atoms with Crippen LogP contribution in [-0.2, 0) is 0 Å². The van der Waals surface area contributed by atoms with Crippen LogP contribution < -0.4 is 4.90 Å². The normalized spacial score (nSPS) is 11.7. The number of thiophene rings is 1. The van der Waals surface area contributed by atoms with Gasteiger partial charge < -0.3 is 9.47 Å². The molecule has 0 saturated heterocycles. The Labute approximate surface area is 381 Å². The van der Waals surface area contributed by atoms with Crippen molar-refractivity contribution in [3.8, 4) is 39.1 Å². The summed E-state index contributed by atoms with van der Waals surface area (Å²) in [6, 6.07) is 88.8. The van der Waals surface area contributed by atoms with Crippen LogP contribution in [0.2, 0.25) is 0 Å². The van der Waals surface area contributed by atoms with E-state index in [0.717, 1.165) is 28.3 Å². The molecule has 0 aliphatic rings. The number of nitrogens with zero attached hydrogens (tertiary/aromatic N) is 2. The standard InChI is InChI=1S/C62H40N2S/c1-2-14-46-40-47(25-24-41(46)12-1)42-26-33-48(34-27-42)63(50-37-30-45(31-38-50)53-19-11-20-56-57-39-32-43-13-3-4-16-52(43)62(57)65-61(53)56)49-35-28-44(29-36-49)51-15-5-8-21-58(51)64-59-22-9-6-17-54(59)55-18-7-10-23-60(55)64/h1-40H. The number of benzene rings is 11. The van der Waals surface area contributed by atoms with Gasteiger partial charge in [-0.1, -0.05) is 182 Å². The number of aromatic nitrogens is 1. The van der Waals surface area contributed by atoms with Crippen molar-refractivity contribution in [2.45, 2.75) is 0 Å². The van der Waals surface area contributed by atoms with Gasteiger partial charge in [0.2, 0.25) is 0 Å². The second-order valence-electron chi connectivity index (χ2n) is 16.9. The molecule has 0 saturated carbocycles. The van der Waals surface area contributed by atoms with Crippen molar-refractivity contribution in [3.05, 3.63) is 243 Å². The lowest BCUT2D eigenvalue weighted by molar-refractivity contribution is 1.18. The predicted molar refractivity (Wildman–Crippen MR) is 280 cm³/mol. The van der Waals surface area contributed by atoms with E-state index in [1.54, 1.807) is 0 Å². The van der Waals surface area contributed by atoms with E-state index in [0.29, 0.717) is 0 Å². The molecular formula is C62H40N2S. The van der Waals surface area contributed by atoms with Crippen molar-refractivity contribution in [2.24, 2.45) is 0 Å². The summed E-state index contributed by atoms with van der Waals surface area (Å²) >= 11 is 1.91. The van der Waals surface area contributed by atoms with Crippen LogP contribution in [0.1, 0.15) is 0 Å². The van der Waals surface area contributed by atoms with Crippen LogP contribution in [0, 0.1) is 0 Å². The fraction of sp³-hybridized carbons (Fsp3) is 0. The summed E-state index contributed by atoms with van der Waals surface area (Å²) < 4.78 is 5.09. The van der Waals surface area contributed by atoms with Crippen molar-refractivity contribution in [1.29, 1.82) is 0 Å². The minimum Gasteiger partial charge on any atom is -0.311 e. The number of para-hydroxylation sites is 3. The van der Waals surface area contributed by atoms with Gasteiger partial charge in [-0.25, -0.2) is 0 Å². The fourth-order valence-corrected chi connectivity index (χ4v) is 11.4. The summed E-state index contributed by atoms with van der Waals surface area (Å²) in [6.07, 6.45) is 0. The molecular weight excluding hydrogens is 805 g/mol. The summed E-state index contributed by atoms with van der Waals surface area (Å²) in [5.41, 5.74) is 14.1. The molecule has 13 aromatic rings. The molecule has 0 atom stereocenters. The Kier molecular flexibility index (Phi) is 8.75. The van der Waals surface area contributed by atoms with Gasteiger partial charge in [-0.3, -0.25) is 0 Å². The lowest BCUT2D eigenvalue weighted by atomic mass is 10.00. The Morgan fingerprint density at radius 3 is 1.46 bits per heavy atom. The van der Waals surface area contributed by atoms with Gasteiger partial charge in [-0.15, -0.1) is 11.3 Å². The Balaban J connectivity index is 0.909. The molecule has 65 heavy (non-hydrogen) atoms. The van der Waals surface area contributed by atoms with Gasteiger partial charge in [-0.2, -0.15) is 0 Å². The highest BCUT2D eigenvalue weighted by atomic mass is 32.1. The number of fused-ring (bicyclic) bond motifs is 9. The Morgan fingerprint density at radius 2 is 0.769 bits per heavy atom. The smallest absolute Gasteiger partial charge is 0.0541 e. The molecule has 0 spiro atoms. The molecule has 0 radical (unpaired) electrons.